The van der Waals surface area contributed by atoms with Crippen molar-refractivity contribution >= 4 is 11.9 Å². The number of hydrogen-bond donors (Lipinski definition) is 2. The van der Waals surface area contributed by atoms with Crippen LogP contribution in [0.5, 0.6) is 0 Å². The summed E-state index contributed by atoms with van der Waals surface area (Å²) in [7, 11) is 1.52. The monoisotopic (exact) mass is 245 g/mol. The molecule has 0 bridgehead atoms. The first kappa shape index (κ1) is 15.9. The molecule has 5 heteroatoms. The Morgan fingerprint density at radius 3 is 2.00 bits per heavy atom. The van der Waals surface area contributed by atoms with Gasteiger partial charge < -0.3 is 15.2 Å². The van der Waals surface area contributed by atoms with E-state index in [4.69, 9.17) is 9.84 Å². The summed E-state index contributed by atoms with van der Waals surface area (Å²) >= 11 is 0. The van der Waals surface area contributed by atoms with E-state index in [9.17, 15) is 9.59 Å². The predicted molar refractivity (Wildman–Crippen MR) is 64.7 cm³/mol. The third kappa shape index (κ3) is 5.68. The fraction of sp³-hybridized carbons (Fsp3) is 0.833. The SMILES string of the molecule is COC(C)(C)CC(=O)N[C@@H](C(=O)O)C(C)(C)C. The van der Waals surface area contributed by atoms with E-state index in [1.54, 1.807) is 34.6 Å². The van der Waals surface area contributed by atoms with Crippen molar-refractivity contribution < 1.29 is 19.4 Å². The highest BCUT2D eigenvalue weighted by molar-refractivity contribution is 5.84. The molecule has 0 aliphatic rings. The van der Waals surface area contributed by atoms with E-state index in [2.05, 4.69) is 5.32 Å². The van der Waals surface area contributed by atoms with Gasteiger partial charge in [0.05, 0.1) is 12.0 Å². The number of nitrogens with one attached hydrogen (secondary N) is 1. The van der Waals surface area contributed by atoms with Crippen molar-refractivity contribution in [2.45, 2.75) is 52.7 Å². The van der Waals surface area contributed by atoms with Crippen molar-refractivity contribution in [3.8, 4) is 0 Å². The van der Waals surface area contributed by atoms with Crippen LogP contribution in [0.4, 0.5) is 0 Å². The van der Waals surface area contributed by atoms with Crippen molar-refractivity contribution in [2.24, 2.45) is 5.41 Å². The second-order valence-corrected chi connectivity index (χ2v) is 5.85. The fourth-order valence-corrected chi connectivity index (χ4v) is 1.32. The highest BCUT2D eigenvalue weighted by atomic mass is 16.5. The lowest BCUT2D eigenvalue weighted by molar-refractivity contribution is -0.145. The molecule has 5 nitrogen and oxygen atoms in total. The molecule has 0 fully saturated rings. The zero-order valence-corrected chi connectivity index (χ0v) is 11.5. The molecular weight excluding hydrogens is 222 g/mol. The molecule has 0 radical (unpaired) electrons. The maximum atomic E-state index is 11.7. The standard InChI is InChI=1S/C12H23NO4/c1-11(2,3)9(10(15)16)13-8(14)7-12(4,5)17-6/h9H,7H2,1-6H3,(H,13,14)(H,15,16)/t9-/m0/s1. The van der Waals surface area contributed by atoms with E-state index in [-0.39, 0.29) is 12.3 Å². The lowest BCUT2D eigenvalue weighted by Gasteiger charge is -2.29. The Hall–Kier alpha value is -1.10. The normalized spacial score (nSPS) is 14.2. The summed E-state index contributed by atoms with van der Waals surface area (Å²) in [5, 5.41) is 11.6. The third-order valence-corrected chi connectivity index (χ3v) is 2.56. The van der Waals surface area contributed by atoms with Gasteiger partial charge in [0.15, 0.2) is 0 Å². The molecule has 0 saturated heterocycles. The van der Waals surface area contributed by atoms with Crippen molar-refractivity contribution in [1.82, 2.24) is 5.32 Å². The number of rotatable bonds is 5. The van der Waals surface area contributed by atoms with E-state index >= 15 is 0 Å². The smallest absolute Gasteiger partial charge is 0.326 e. The molecule has 0 heterocycles. The highest BCUT2D eigenvalue weighted by Crippen LogP contribution is 2.20. The van der Waals surface area contributed by atoms with Gasteiger partial charge in [0.2, 0.25) is 5.91 Å². The summed E-state index contributed by atoms with van der Waals surface area (Å²) in [6.45, 7) is 8.87. The molecule has 17 heavy (non-hydrogen) atoms. The van der Waals surface area contributed by atoms with Crippen molar-refractivity contribution in [2.75, 3.05) is 7.11 Å². The quantitative estimate of drug-likeness (QED) is 0.768. The summed E-state index contributed by atoms with van der Waals surface area (Å²) in [5.74, 6) is -1.35. The first-order valence-corrected chi connectivity index (χ1v) is 5.57. The van der Waals surface area contributed by atoms with Gasteiger partial charge in [0, 0.05) is 7.11 Å². The zero-order valence-electron chi connectivity index (χ0n) is 11.5. The minimum absolute atomic E-state index is 0.128. The Labute approximate surface area is 103 Å². The lowest BCUT2D eigenvalue weighted by Crippen LogP contribution is -2.50. The Kier molecular flexibility index (Phi) is 5.13. The summed E-state index contributed by atoms with van der Waals surface area (Å²) in [6, 6.07) is -0.900. The van der Waals surface area contributed by atoms with Crippen LogP contribution in [0.1, 0.15) is 41.0 Å². The van der Waals surface area contributed by atoms with Crippen LogP contribution in [0.15, 0.2) is 0 Å². The Morgan fingerprint density at radius 2 is 1.71 bits per heavy atom. The van der Waals surface area contributed by atoms with E-state index in [0.717, 1.165) is 0 Å². The molecule has 0 aromatic carbocycles. The van der Waals surface area contributed by atoms with Crippen LogP contribution < -0.4 is 5.32 Å². The summed E-state index contributed by atoms with van der Waals surface area (Å²) in [4.78, 5) is 22.8. The number of ether oxygens (including phenoxy) is 1. The largest absolute Gasteiger partial charge is 0.480 e. The van der Waals surface area contributed by atoms with Gasteiger partial charge in [-0.3, -0.25) is 4.79 Å². The second-order valence-electron chi connectivity index (χ2n) is 5.85. The molecule has 0 aliphatic heterocycles. The summed E-state index contributed by atoms with van der Waals surface area (Å²) < 4.78 is 5.13. The van der Waals surface area contributed by atoms with Crippen LogP contribution in [0.3, 0.4) is 0 Å². The van der Waals surface area contributed by atoms with E-state index < -0.39 is 23.0 Å². The van der Waals surface area contributed by atoms with Crippen LogP contribution in [0.25, 0.3) is 0 Å². The molecule has 2 N–H and O–H groups in total. The predicted octanol–water partition coefficient (Wildman–Crippen LogP) is 1.42. The number of carboxylic acid groups (broad SMARTS) is 1. The number of carboxylic acids is 1. The Balaban J connectivity index is 4.60. The minimum Gasteiger partial charge on any atom is -0.480 e. The molecule has 1 atom stereocenters. The van der Waals surface area contributed by atoms with E-state index in [0.29, 0.717) is 0 Å². The van der Waals surface area contributed by atoms with Crippen LogP contribution in [0.2, 0.25) is 0 Å². The molecule has 100 valence electrons. The van der Waals surface area contributed by atoms with Gasteiger partial charge in [-0.25, -0.2) is 4.79 Å². The number of aliphatic carboxylic acids is 1. The van der Waals surface area contributed by atoms with Gasteiger partial charge in [0.25, 0.3) is 0 Å². The van der Waals surface area contributed by atoms with E-state index in [1.807, 2.05) is 0 Å². The highest BCUT2D eigenvalue weighted by Gasteiger charge is 2.33. The topological polar surface area (TPSA) is 75.6 Å². The average molecular weight is 245 g/mol. The molecule has 0 aromatic rings. The van der Waals surface area contributed by atoms with Gasteiger partial charge >= 0.3 is 5.97 Å². The van der Waals surface area contributed by atoms with Gasteiger partial charge in [-0.05, 0) is 19.3 Å². The first-order valence-electron chi connectivity index (χ1n) is 5.57. The van der Waals surface area contributed by atoms with Crippen LogP contribution in [-0.4, -0.2) is 35.7 Å². The zero-order chi connectivity index (χ0) is 13.9. The first-order chi connectivity index (χ1) is 7.49. The maximum Gasteiger partial charge on any atom is 0.326 e. The van der Waals surface area contributed by atoms with Crippen molar-refractivity contribution in [3.63, 3.8) is 0 Å². The Morgan fingerprint density at radius 1 is 1.24 bits per heavy atom. The molecular formula is C12H23NO4. The minimum atomic E-state index is -1.03. The number of carbonyl (C=O) groups excluding carboxylic acids is 1. The summed E-state index contributed by atoms with van der Waals surface area (Å²) in [5.41, 5.74) is -1.12. The summed E-state index contributed by atoms with van der Waals surface area (Å²) in [6.07, 6.45) is 0.128. The molecule has 1 amide bonds. The Bertz CT molecular complexity index is 291. The average Bonchev–Trinajstić information content (AvgIpc) is 2.11. The molecule has 0 rings (SSSR count). The van der Waals surface area contributed by atoms with Gasteiger partial charge in [0.1, 0.15) is 6.04 Å². The molecule has 0 aromatic heterocycles. The van der Waals surface area contributed by atoms with Crippen molar-refractivity contribution in [3.05, 3.63) is 0 Å². The number of amides is 1. The second kappa shape index (κ2) is 5.49. The van der Waals surface area contributed by atoms with Crippen LogP contribution in [0, 0.1) is 5.41 Å². The molecule has 0 saturated carbocycles. The van der Waals surface area contributed by atoms with Crippen LogP contribution in [-0.2, 0) is 14.3 Å². The number of carbonyl (C=O) groups is 2. The van der Waals surface area contributed by atoms with Crippen LogP contribution >= 0.6 is 0 Å². The van der Waals surface area contributed by atoms with Gasteiger partial charge in [-0.2, -0.15) is 0 Å². The fourth-order valence-electron chi connectivity index (χ4n) is 1.32. The lowest BCUT2D eigenvalue weighted by atomic mass is 9.86. The van der Waals surface area contributed by atoms with Crippen molar-refractivity contribution in [1.29, 1.82) is 0 Å². The number of methoxy groups -OCH3 is 1. The van der Waals surface area contributed by atoms with Gasteiger partial charge in [-0.15, -0.1) is 0 Å². The maximum absolute atomic E-state index is 11.7. The van der Waals surface area contributed by atoms with Gasteiger partial charge in [-0.1, -0.05) is 20.8 Å². The molecule has 0 unspecified atom stereocenters. The molecule has 0 spiro atoms. The van der Waals surface area contributed by atoms with E-state index in [1.165, 1.54) is 7.11 Å². The number of hydrogen-bond acceptors (Lipinski definition) is 3. The third-order valence-electron chi connectivity index (χ3n) is 2.56. The molecule has 0 aliphatic carbocycles.